The van der Waals surface area contributed by atoms with Gasteiger partial charge in [0.1, 0.15) is 17.0 Å². The number of benzene rings is 1. The van der Waals surface area contributed by atoms with E-state index in [0.717, 1.165) is 17.7 Å². The molecule has 3 aromatic rings. The number of nitrogens with zero attached hydrogens (tertiary/aromatic N) is 3. The number of aryl methyl sites for hydroxylation is 1. The summed E-state index contributed by atoms with van der Waals surface area (Å²) in [7, 11) is 1.08. The molecule has 2 aromatic heterocycles. The summed E-state index contributed by atoms with van der Waals surface area (Å²) >= 11 is 8.77. The fourth-order valence-corrected chi connectivity index (χ4v) is 3.65. The van der Waals surface area contributed by atoms with Gasteiger partial charge in [-0.05, 0) is 22.0 Å². The van der Waals surface area contributed by atoms with Crippen LogP contribution in [0, 0.1) is 5.82 Å². The highest BCUT2D eigenvalue weighted by molar-refractivity contribution is 9.10. The fraction of sp³-hybridized carbons (Fsp3) is 0.200. The summed E-state index contributed by atoms with van der Waals surface area (Å²) in [5.74, 6) is -1.80. The molecule has 0 saturated heterocycles. The van der Waals surface area contributed by atoms with Gasteiger partial charge >= 0.3 is 11.9 Å². The number of hydrogen-bond acceptors (Lipinski definition) is 3. The maximum atomic E-state index is 14.7. The molecule has 1 aromatic carbocycles. The molecule has 0 amide bonds. The first-order valence-corrected chi connectivity index (χ1v) is 8.17. The number of allylic oxidation sites excluding steroid dienone is 1. The largest absolute Gasteiger partial charge is 0.434 e. The molecule has 0 N–H and O–H groups in total. The van der Waals surface area contributed by atoms with Crippen LogP contribution >= 0.6 is 27.5 Å². The van der Waals surface area contributed by atoms with Crippen molar-refractivity contribution in [1.29, 1.82) is 0 Å². The van der Waals surface area contributed by atoms with Crippen LogP contribution in [0.2, 0.25) is 5.02 Å². The third-order valence-corrected chi connectivity index (χ3v) is 4.68. The molecule has 0 aliphatic heterocycles. The van der Waals surface area contributed by atoms with Gasteiger partial charge in [-0.3, -0.25) is 9.25 Å². The average Bonchev–Trinajstić information content (AvgIpc) is 2.98. The Hall–Kier alpha value is -2.07. The Bertz CT molecular complexity index is 1100. The van der Waals surface area contributed by atoms with Crippen molar-refractivity contribution in [2.45, 2.75) is 12.7 Å². The van der Waals surface area contributed by atoms with E-state index < -0.39 is 27.9 Å². The number of oxazole rings is 1. The molecule has 0 radical (unpaired) electrons. The van der Waals surface area contributed by atoms with Gasteiger partial charge in [0, 0.05) is 13.6 Å². The van der Waals surface area contributed by atoms with Crippen molar-refractivity contribution in [1.82, 2.24) is 14.3 Å². The molecular formula is C15H9BrClF4N3O2. The Morgan fingerprint density at radius 3 is 2.65 bits per heavy atom. The van der Waals surface area contributed by atoms with Crippen LogP contribution in [0.25, 0.3) is 22.4 Å². The number of alkyl halides is 3. The number of rotatable bonds is 3. The van der Waals surface area contributed by atoms with Crippen molar-refractivity contribution in [2.24, 2.45) is 7.05 Å². The van der Waals surface area contributed by atoms with E-state index in [-0.39, 0.29) is 33.9 Å². The summed E-state index contributed by atoms with van der Waals surface area (Å²) in [5.41, 5.74) is -2.03. The number of hydrogen-bond donors (Lipinski definition) is 0. The Morgan fingerprint density at radius 1 is 1.46 bits per heavy atom. The smallest absolute Gasteiger partial charge is 0.406 e. The van der Waals surface area contributed by atoms with E-state index in [1.807, 2.05) is 0 Å². The van der Waals surface area contributed by atoms with Crippen LogP contribution in [0.5, 0.6) is 0 Å². The monoisotopic (exact) mass is 453 g/mol. The van der Waals surface area contributed by atoms with E-state index in [9.17, 15) is 22.4 Å². The predicted octanol–water partition coefficient (Wildman–Crippen LogP) is 4.75. The lowest BCUT2D eigenvalue weighted by Gasteiger charge is -2.08. The highest BCUT2D eigenvalue weighted by atomic mass is 79.9. The molecule has 0 aliphatic carbocycles. The van der Waals surface area contributed by atoms with Crippen molar-refractivity contribution in [3.05, 3.63) is 50.3 Å². The van der Waals surface area contributed by atoms with E-state index in [4.69, 9.17) is 16.0 Å². The number of halogens is 6. The Balaban J connectivity index is 2.47. The summed E-state index contributed by atoms with van der Waals surface area (Å²) in [6.07, 6.45) is -3.37. The highest BCUT2D eigenvalue weighted by Crippen LogP contribution is 2.43. The Morgan fingerprint density at radius 2 is 2.12 bits per heavy atom. The first-order valence-electron chi connectivity index (χ1n) is 7.00. The maximum Gasteiger partial charge on any atom is 0.434 e. The highest BCUT2D eigenvalue weighted by Gasteiger charge is 2.39. The van der Waals surface area contributed by atoms with E-state index in [2.05, 4.69) is 27.6 Å². The van der Waals surface area contributed by atoms with Crippen LogP contribution in [-0.2, 0) is 19.8 Å². The second kappa shape index (κ2) is 6.27. The fourth-order valence-electron chi connectivity index (χ4n) is 2.66. The summed E-state index contributed by atoms with van der Waals surface area (Å²) in [5, 5.41) is 3.59. The summed E-state index contributed by atoms with van der Waals surface area (Å²) in [6, 6.07) is 0.856. The predicted molar refractivity (Wildman–Crippen MR) is 90.5 cm³/mol. The lowest BCUT2D eigenvalue weighted by Crippen LogP contribution is -2.13. The van der Waals surface area contributed by atoms with E-state index in [1.54, 1.807) is 0 Å². The van der Waals surface area contributed by atoms with Crippen LogP contribution in [0.1, 0.15) is 5.69 Å². The van der Waals surface area contributed by atoms with Crippen LogP contribution < -0.4 is 5.76 Å². The second-order valence-corrected chi connectivity index (χ2v) is 6.49. The van der Waals surface area contributed by atoms with Gasteiger partial charge in [-0.15, -0.1) is 6.58 Å². The molecule has 5 nitrogen and oxygen atoms in total. The molecule has 0 fully saturated rings. The molecule has 138 valence electrons. The molecule has 0 bridgehead atoms. The first-order chi connectivity index (χ1) is 12.1. The molecular weight excluding hydrogens is 446 g/mol. The van der Waals surface area contributed by atoms with Crippen molar-refractivity contribution in [3.8, 4) is 11.3 Å². The molecule has 26 heavy (non-hydrogen) atoms. The zero-order valence-electron chi connectivity index (χ0n) is 13.0. The van der Waals surface area contributed by atoms with Gasteiger partial charge in [-0.2, -0.15) is 18.3 Å². The van der Waals surface area contributed by atoms with Gasteiger partial charge in [-0.1, -0.05) is 17.7 Å². The average molecular weight is 455 g/mol. The van der Waals surface area contributed by atoms with Crippen LogP contribution in [0.15, 0.2) is 32.4 Å². The molecule has 3 rings (SSSR count). The van der Waals surface area contributed by atoms with Gasteiger partial charge in [0.2, 0.25) is 0 Å². The standard InChI is InChI=1S/C15H9BrClF4N3O2/c1-3-4-24-11-8(7(18)5-6(17)12(11)26-14(24)25)10-9(16)13(15(19,20)21)23(2)22-10/h3,5H,1,4H2,2H3. The summed E-state index contributed by atoms with van der Waals surface area (Å²) in [6.45, 7) is 3.43. The van der Waals surface area contributed by atoms with Gasteiger partial charge < -0.3 is 4.42 Å². The molecule has 0 spiro atoms. The zero-order chi connectivity index (χ0) is 19.4. The topological polar surface area (TPSA) is 53.0 Å². The molecule has 0 atom stereocenters. The number of fused-ring (bicyclic) bond motifs is 1. The van der Waals surface area contributed by atoms with E-state index >= 15 is 0 Å². The van der Waals surface area contributed by atoms with Gasteiger partial charge in [0.05, 0.1) is 15.1 Å². The quantitative estimate of drug-likeness (QED) is 0.424. The minimum absolute atomic E-state index is 0.0603. The minimum atomic E-state index is -4.72. The molecule has 2 heterocycles. The Labute approximate surface area is 156 Å². The van der Waals surface area contributed by atoms with E-state index in [1.165, 1.54) is 6.08 Å². The van der Waals surface area contributed by atoms with Crippen molar-refractivity contribution >= 4 is 38.6 Å². The molecule has 0 saturated carbocycles. The third-order valence-electron chi connectivity index (χ3n) is 3.65. The zero-order valence-corrected chi connectivity index (χ0v) is 15.3. The van der Waals surface area contributed by atoms with Crippen LogP contribution in [0.3, 0.4) is 0 Å². The maximum absolute atomic E-state index is 14.7. The normalized spacial score (nSPS) is 12.1. The van der Waals surface area contributed by atoms with Crippen molar-refractivity contribution < 1.29 is 22.0 Å². The SMILES string of the molecule is C=CCn1c(=O)oc2c(Cl)cc(F)c(-c3nn(C)c(C(F)(F)F)c3Br)c21. The van der Waals surface area contributed by atoms with Crippen molar-refractivity contribution in [3.63, 3.8) is 0 Å². The molecule has 0 aliphatic rings. The van der Waals surface area contributed by atoms with Gasteiger partial charge in [-0.25, -0.2) is 9.18 Å². The summed E-state index contributed by atoms with van der Waals surface area (Å²) < 4.78 is 60.5. The van der Waals surface area contributed by atoms with Gasteiger partial charge in [0.15, 0.2) is 11.3 Å². The second-order valence-electron chi connectivity index (χ2n) is 5.29. The summed E-state index contributed by atoms with van der Waals surface area (Å²) in [4.78, 5) is 12.0. The number of aromatic nitrogens is 3. The minimum Gasteiger partial charge on any atom is -0.406 e. The first kappa shape index (κ1) is 18.7. The third kappa shape index (κ3) is 2.77. The lowest BCUT2D eigenvalue weighted by atomic mass is 10.1. The van der Waals surface area contributed by atoms with Gasteiger partial charge in [0.25, 0.3) is 0 Å². The van der Waals surface area contributed by atoms with Crippen LogP contribution in [0.4, 0.5) is 17.6 Å². The Kier molecular flexibility index (Phi) is 4.51. The molecule has 0 unspecified atom stereocenters. The molecule has 11 heteroatoms. The lowest BCUT2D eigenvalue weighted by molar-refractivity contribution is -0.144. The van der Waals surface area contributed by atoms with Crippen molar-refractivity contribution in [2.75, 3.05) is 0 Å². The van der Waals surface area contributed by atoms with E-state index in [0.29, 0.717) is 4.68 Å². The van der Waals surface area contributed by atoms with Crippen LogP contribution in [-0.4, -0.2) is 14.3 Å².